The van der Waals surface area contributed by atoms with Crippen molar-refractivity contribution in [3.8, 4) is 5.75 Å². The first-order chi connectivity index (χ1) is 17.3. The molecular weight excluding hydrogens is 502 g/mol. The van der Waals surface area contributed by atoms with Gasteiger partial charge in [0.15, 0.2) is 14.4 Å². The molecular formula is C28H43N3O6Si. The lowest BCUT2D eigenvalue weighted by Gasteiger charge is -2.38. The van der Waals surface area contributed by atoms with E-state index in [1.54, 1.807) is 57.4 Å². The van der Waals surface area contributed by atoms with Gasteiger partial charge < -0.3 is 18.6 Å². The van der Waals surface area contributed by atoms with E-state index < -0.39 is 37.7 Å². The van der Waals surface area contributed by atoms with Crippen LogP contribution in [0.3, 0.4) is 0 Å². The number of pyridine rings is 2. The van der Waals surface area contributed by atoms with Crippen molar-refractivity contribution >= 4 is 31.9 Å². The molecule has 0 radical (unpaired) electrons. The number of hydrogen-bond acceptors (Lipinski definition) is 8. The van der Waals surface area contributed by atoms with Crippen molar-refractivity contribution in [1.29, 1.82) is 0 Å². The Bertz CT molecular complexity index is 1070. The van der Waals surface area contributed by atoms with Crippen LogP contribution in [0, 0.1) is 0 Å². The second kappa shape index (κ2) is 11.8. The van der Waals surface area contributed by atoms with Gasteiger partial charge in [-0.05, 0) is 83.9 Å². The van der Waals surface area contributed by atoms with Gasteiger partial charge in [0.25, 0.3) is 0 Å². The number of carbonyl (C=O) groups excluding carboxylic acids is 2. The molecule has 0 spiro atoms. The Hall–Kier alpha value is -2.98. The number of aromatic nitrogens is 2. The average Bonchev–Trinajstić information content (AvgIpc) is 2.75. The molecule has 0 saturated carbocycles. The Labute approximate surface area is 228 Å². The molecule has 1 amide bonds. The van der Waals surface area contributed by atoms with Crippen molar-refractivity contribution in [1.82, 2.24) is 9.97 Å². The van der Waals surface area contributed by atoms with E-state index in [0.29, 0.717) is 17.3 Å². The van der Waals surface area contributed by atoms with E-state index in [-0.39, 0.29) is 11.6 Å². The molecule has 9 nitrogen and oxygen atoms in total. The van der Waals surface area contributed by atoms with Crippen molar-refractivity contribution in [2.75, 3.05) is 11.5 Å². The lowest BCUT2D eigenvalue weighted by molar-refractivity contribution is -0.165. The van der Waals surface area contributed by atoms with Crippen LogP contribution in [0.5, 0.6) is 5.75 Å². The summed E-state index contributed by atoms with van der Waals surface area (Å²) in [5, 5.41) is -0.103. The molecule has 10 heteroatoms. The molecule has 2 aromatic rings. The van der Waals surface area contributed by atoms with Gasteiger partial charge in [0.05, 0.1) is 11.9 Å². The highest BCUT2D eigenvalue weighted by atomic mass is 28.4. The minimum absolute atomic E-state index is 0.0391. The van der Waals surface area contributed by atoms with E-state index in [1.165, 1.54) is 11.1 Å². The first-order valence-corrected chi connectivity index (χ1v) is 15.6. The SMILES string of the molecule is CC(C)(C)OC(=O)C(COc1ccc(N(C(=O)OC(C)(C)C)c2ccncc2)nc1)O[Si](C)(C)C(C)(C)C. The molecule has 1 atom stereocenters. The maximum absolute atomic E-state index is 13.0. The van der Waals surface area contributed by atoms with E-state index >= 15 is 0 Å². The summed E-state index contributed by atoms with van der Waals surface area (Å²) in [5.41, 5.74) is -0.789. The number of nitrogens with zero attached hydrogens (tertiary/aromatic N) is 3. The number of hydrogen-bond donors (Lipinski definition) is 0. The largest absolute Gasteiger partial charge is 0.489 e. The minimum atomic E-state index is -2.30. The smallest absolute Gasteiger partial charge is 0.420 e. The van der Waals surface area contributed by atoms with Crippen LogP contribution in [0.25, 0.3) is 0 Å². The quantitative estimate of drug-likeness (QED) is 0.268. The fourth-order valence-corrected chi connectivity index (χ4v) is 4.17. The first-order valence-electron chi connectivity index (χ1n) is 12.7. The zero-order valence-corrected chi connectivity index (χ0v) is 25.6. The normalized spacial score (nSPS) is 13.4. The molecule has 2 rings (SSSR count). The molecule has 0 bridgehead atoms. The van der Waals surface area contributed by atoms with Crippen LogP contribution >= 0.6 is 0 Å². The van der Waals surface area contributed by atoms with E-state index in [4.69, 9.17) is 18.6 Å². The van der Waals surface area contributed by atoms with Crippen LogP contribution in [0.2, 0.25) is 18.1 Å². The van der Waals surface area contributed by atoms with E-state index in [2.05, 4.69) is 43.8 Å². The maximum Gasteiger partial charge on any atom is 0.420 e. The van der Waals surface area contributed by atoms with Gasteiger partial charge in [-0.2, -0.15) is 0 Å². The third-order valence-electron chi connectivity index (χ3n) is 5.76. The lowest BCUT2D eigenvalue weighted by atomic mass is 10.2. The Balaban J connectivity index is 2.26. The van der Waals surface area contributed by atoms with Crippen LogP contribution in [0.1, 0.15) is 62.3 Å². The maximum atomic E-state index is 13.0. The first kappa shape index (κ1) is 31.2. The van der Waals surface area contributed by atoms with Crippen molar-refractivity contribution in [2.24, 2.45) is 0 Å². The van der Waals surface area contributed by atoms with Gasteiger partial charge >= 0.3 is 12.1 Å². The second-order valence-electron chi connectivity index (χ2n) is 12.6. The van der Waals surface area contributed by atoms with Crippen LogP contribution in [0.15, 0.2) is 42.9 Å². The predicted octanol–water partition coefficient (Wildman–Crippen LogP) is 6.66. The minimum Gasteiger partial charge on any atom is -0.489 e. The van der Waals surface area contributed by atoms with Gasteiger partial charge in [-0.3, -0.25) is 4.98 Å². The number of rotatable bonds is 8. The number of ether oxygens (including phenoxy) is 3. The van der Waals surface area contributed by atoms with E-state index in [9.17, 15) is 9.59 Å². The molecule has 0 aliphatic heterocycles. The van der Waals surface area contributed by atoms with Crippen molar-refractivity contribution in [3.05, 3.63) is 42.9 Å². The Morgan fingerprint density at radius 1 is 0.895 bits per heavy atom. The molecule has 0 N–H and O–H groups in total. The van der Waals surface area contributed by atoms with Gasteiger partial charge in [0, 0.05) is 12.4 Å². The van der Waals surface area contributed by atoms with E-state index in [0.717, 1.165) is 0 Å². The topological polar surface area (TPSA) is 100 Å². The lowest BCUT2D eigenvalue weighted by Crippen LogP contribution is -2.49. The predicted molar refractivity (Wildman–Crippen MR) is 150 cm³/mol. The Morgan fingerprint density at radius 3 is 1.95 bits per heavy atom. The van der Waals surface area contributed by atoms with Crippen LogP contribution in [-0.4, -0.2) is 54.3 Å². The molecule has 1 unspecified atom stereocenters. The van der Waals surface area contributed by atoms with Crippen LogP contribution in [-0.2, 0) is 18.7 Å². The highest BCUT2D eigenvalue weighted by Gasteiger charge is 2.42. The summed E-state index contributed by atoms with van der Waals surface area (Å²) in [5.74, 6) is 0.291. The van der Waals surface area contributed by atoms with Gasteiger partial charge in [-0.1, -0.05) is 20.8 Å². The molecule has 2 aromatic heterocycles. The highest BCUT2D eigenvalue weighted by Crippen LogP contribution is 2.37. The summed E-state index contributed by atoms with van der Waals surface area (Å²) in [4.78, 5) is 35.8. The third-order valence-corrected chi connectivity index (χ3v) is 10.2. The summed E-state index contributed by atoms with van der Waals surface area (Å²) >= 11 is 0. The molecule has 2 heterocycles. The molecule has 0 fully saturated rings. The van der Waals surface area contributed by atoms with Gasteiger partial charge in [-0.15, -0.1) is 0 Å². The van der Waals surface area contributed by atoms with E-state index in [1.807, 2.05) is 20.8 Å². The van der Waals surface area contributed by atoms with Crippen LogP contribution in [0.4, 0.5) is 16.3 Å². The Morgan fingerprint density at radius 2 is 1.47 bits per heavy atom. The molecule has 0 aromatic carbocycles. The highest BCUT2D eigenvalue weighted by molar-refractivity contribution is 6.74. The standard InChI is InChI=1S/C28H43N3O6Si/c1-26(2,3)35-24(32)22(37-38(10,11)28(7,8)9)19-34-21-12-13-23(30-18-21)31(20-14-16-29-17-15-20)25(33)36-27(4,5)6/h12-18,22H,19H2,1-11H3. The molecule has 38 heavy (non-hydrogen) atoms. The number of anilines is 2. The number of amides is 1. The molecule has 0 saturated heterocycles. The zero-order valence-electron chi connectivity index (χ0n) is 24.6. The van der Waals surface area contributed by atoms with Gasteiger partial charge in [0.2, 0.25) is 0 Å². The Kier molecular flexibility index (Phi) is 9.71. The summed E-state index contributed by atoms with van der Waals surface area (Å²) in [6, 6.07) is 6.72. The van der Waals surface area contributed by atoms with Crippen molar-refractivity contribution < 1.29 is 28.2 Å². The van der Waals surface area contributed by atoms with Crippen LogP contribution < -0.4 is 9.64 Å². The summed E-state index contributed by atoms with van der Waals surface area (Å²) in [6.45, 7) is 21.3. The van der Waals surface area contributed by atoms with Gasteiger partial charge in [-0.25, -0.2) is 19.5 Å². The average molecular weight is 546 g/mol. The van der Waals surface area contributed by atoms with Gasteiger partial charge in [0.1, 0.15) is 29.4 Å². The van der Waals surface area contributed by atoms with Crippen molar-refractivity contribution in [3.63, 3.8) is 0 Å². The third kappa shape index (κ3) is 9.40. The summed E-state index contributed by atoms with van der Waals surface area (Å²) in [7, 11) is -2.30. The fraction of sp³-hybridized carbons (Fsp3) is 0.571. The monoisotopic (exact) mass is 545 g/mol. The number of carbonyl (C=O) groups is 2. The molecule has 0 aliphatic rings. The fourth-order valence-electron chi connectivity index (χ4n) is 2.94. The summed E-state index contributed by atoms with van der Waals surface area (Å²) in [6.07, 6.45) is 3.20. The molecule has 0 aliphatic carbocycles. The zero-order chi connectivity index (χ0) is 28.9. The second-order valence-corrected chi connectivity index (χ2v) is 17.3. The number of esters is 1. The van der Waals surface area contributed by atoms with Crippen molar-refractivity contribution in [2.45, 2.75) is 97.8 Å². The summed E-state index contributed by atoms with van der Waals surface area (Å²) < 4.78 is 23.5. The molecule has 210 valence electrons.